The van der Waals surface area contributed by atoms with E-state index in [1.807, 2.05) is 6.92 Å². The van der Waals surface area contributed by atoms with Crippen molar-refractivity contribution < 1.29 is 0 Å². The number of aryl methyl sites for hydroxylation is 1. The minimum absolute atomic E-state index is 0.228. The molecule has 0 bridgehead atoms. The molecule has 5 heteroatoms. The van der Waals surface area contributed by atoms with Crippen LogP contribution in [0.4, 0.5) is 0 Å². The molecule has 88 valence electrons. The molecule has 1 heterocycles. The number of halogens is 2. The monoisotopic (exact) mass is 268 g/mol. The van der Waals surface area contributed by atoms with Crippen molar-refractivity contribution in [2.45, 2.75) is 13.3 Å². The van der Waals surface area contributed by atoms with Crippen LogP contribution in [0.25, 0.3) is 0 Å². The SMILES string of the molecule is Cc1n[nH]c(=O)cc1Cc1c(Cl)cccc1Cl. The van der Waals surface area contributed by atoms with Crippen molar-refractivity contribution in [1.82, 2.24) is 10.2 Å². The van der Waals surface area contributed by atoms with E-state index in [0.717, 1.165) is 16.8 Å². The van der Waals surface area contributed by atoms with E-state index >= 15 is 0 Å². The fourth-order valence-corrected chi connectivity index (χ4v) is 2.11. The first-order chi connectivity index (χ1) is 8.08. The maximum atomic E-state index is 11.2. The molecule has 0 aliphatic heterocycles. The van der Waals surface area contributed by atoms with E-state index in [9.17, 15) is 4.79 Å². The molecular formula is C12H10Cl2N2O. The average molecular weight is 269 g/mol. The molecule has 0 unspecified atom stereocenters. The van der Waals surface area contributed by atoms with E-state index in [4.69, 9.17) is 23.2 Å². The second-order valence-corrected chi connectivity index (χ2v) is 4.53. The van der Waals surface area contributed by atoms with Crippen LogP contribution in [0.15, 0.2) is 29.1 Å². The van der Waals surface area contributed by atoms with Crippen molar-refractivity contribution in [2.75, 3.05) is 0 Å². The van der Waals surface area contributed by atoms with Gasteiger partial charge in [-0.15, -0.1) is 0 Å². The van der Waals surface area contributed by atoms with Crippen LogP contribution in [0.5, 0.6) is 0 Å². The summed E-state index contributed by atoms with van der Waals surface area (Å²) in [5.41, 5.74) is 2.17. The molecule has 2 aromatic rings. The molecule has 0 amide bonds. The normalized spacial score (nSPS) is 10.5. The zero-order valence-corrected chi connectivity index (χ0v) is 10.6. The van der Waals surface area contributed by atoms with Gasteiger partial charge in [0.25, 0.3) is 5.56 Å². The number of nitrogens with one attached hydrogen (secondary N) is 1. The predicted molar refractivity (Wildman–Crippen MR) is 68.9 cm³/mol. The molecule has 1 aromatic heterocycles. The molecule has 2 rings (SSSR count). The van der Waals surface area contributed by atoms with Crippen molar-refractivity contribution in [2.24, 2.45) is 0 Å². The number of H-pyrrole nitrogens is 1. The molecule has 0 aliphatic rings. The standard InChI is InChI=1S/C12H10Cl2N2O/c1-7-8(6-12(17)16-15-7)5-9-10(13)3-2-4-11(9)14/h2-4,6H,5H2,1H3,(H,16,17). The molecule has 0 aliphatic carbocycles. The molecule has 0 fully saturated rings. The number of aromatic amines is 1. The summed E-state index contributed by atoms with van der Waals surface area (Å²) >= 11 is 12.2. The lowest BCUT2D eigenvalue weighted by Crippen LogP contribution is -2.10. The van der Waals surface area contributed by atoms with Gasteiger partial charge in [-0.3, -0.25) is 4.79 Å². The fraction of sp³-hybridized carbons (Fsp3) is 0.167. The number of aromatic nitrogens is 2. The summed E-state index contributed by atoms with van der Waals surface area (Å²) < 4.78 is 0. The van der Waals surface area contributed by atoms with Crippen LogP contribution < -0.4 is 5.56 Å². The van der Waals surface area contributed by atoms with Gasteiger partial charge in [0.1, 0.15) is 0 Å². The second kappa shape index (κ2) is 4.90. The summed E-state index contributed by atoms with van der Waals surface area (Å²) in [6.07, 6.45) is 0.501. The Labute approximate surface area is 108 Å². The molecule has 1 N–H and O–H groups in total. The third-order valence-corrected chi connectivity index (χ3v) is 3.24. The van der Waals surface area contributed by atoms with Gasteiger partial charge >= 0.3 is 0 Å². The highest BCUT2D eigenvalue weighted by molar-refractivity contribution is 6.36. The molecule has 0 atom stereocenters. The third-order valence-electron chi connectivity index (χ3n) is 2.53. The second-order valence-electron chi connectivity index (χ2n) is 3.72. The van der Waals surface area contributed by atoms with E-state index in [1.54, 1.807) is 18.2 Å². The van der Waals surface area contributed by atoms with E-state index in [1.165, 1.54) is 6.07 Å². The number of hydrogen-bond acceptors (Lipinski definition) is 2. The van der Waals surface area contributed by atoms with Gasteiger partial charge < -0.3 is 0 Å². The van der Waals surface area contributed by atoms with Crippen molar-refractivity contribution >= 4 is 23.2 Å². The van der Waals surface area contributed by atoms with Crippen molar-refractivity contribution in [3.05, 3.63) is 61.5 Å². The summed E-state index contributed by atoms with van der Waals surface area (Å²) in [6.45, 7) is 1.83. The summed E-state index contributed by atoms with van der Waals surface area (Å²) in [7, 11) is 0. The van der Waals surface area contributed by atoms with Crippen molar-refractivity contribution in [3.63, 3.8) is 0 Å². The number of rotatable bonds is 2. The lowest BCUT2D eigenvalue weighted by Gasteiger charge is -2.08. The van der Waals surface area contributed by atoms with Crippen LogP contribution in [-0.4, -0.2) is 10.2 Å². The maximum absolute atomic E-state index is 11.2. The van der Waals surface area contributed by atoms with Crippen LogP contribution in [-0.2, 0) is 6.42 Å². The fourth-order valence-electron chi connectivity index (χ4n) is 1.58. The van der Waals surface area contributed by atoms with Gasteiger partial charge in [0.15, 0.2) is 0 Å². The number of hydrogen-bond donors (Lipinski definition) is 1. The van der Waals surface area contributed by atoms with Crippen LogP contribution in [0.3, 0.4) is 0 Å². The highest BCUT2D eigenvalue weighted by Gasteiger charge is 2.09. The van der Waals surface area contributed by atoms with Crippen molar-refractivity contribution in [1.29, 1.82) is 0 Å². The Balaban J connectivity index is 2.45. The molecule has 3 nitrogen and oxygen atoms in total. The van der Waals surface area contributed by atoms with Gasteiger partial charge in [-0.25, -0.2) is 5.10 Å². The minimum atomic E-state index is -0.228. The van der Waals surface area contributed by atoms with Crippen molar-refractivity contribution in [3.8, 4) is 0 Å². The van der Waals surface area contributed by atoms with Gasteiger partial charge in [-0.1, -0.05) is 29.3 Å². The Kier molecular flexibility index (Phi) is 3.50. The van der Waals surface area contributed by atoms with Gasteiger partial charge in [0.05, 0.1) is 5.69 Å². The molecule has 0 saturated heterocycles. The molecule has 0 radical (unpaired) electrons. The first-order valence-electron chi connectivity index (χ1n) is 5.06. The Bertz CT molecular complexity index is 587. The number of nitrogens with zero attached hydrogens (tertiary/aromatic N) is 1. The summed E-state index contributed by atoms with van der Waals surface area (Å²) in [5, 5.41) is 7.48. The highest BCUT2D eigenvalue weighted by atomic mass is 35.5. The molecule has 0 saturated carbocycles. The minimum Gasteiger partial charge on any atom is -0.268 e. The van der Waals surface area contributed by atoms with E-state index in [-0.39, 0.29) is 5.56 Å². The summed E-state index contributed by atoms with van der Waals surface area (Å²) in [4.78, 5) is 11.2. The van der Waals surface area contributed by atoms with Gasteiger partial charge in [0.2, 0.25) is 0 Å². The molecular weight excluding hydrogens is 259 g/mol. The first kappa shape index (κ1) is 12.1. The summed E-state index contributed by atoms with van der Waals surface area (Å²) in [6, 6.07) is 6.86. The first-order valence-corrected chi connectivity index (χ1v) is 5.81. The topological polar surface area (TPSA) is 45.8 Å². The zero-order valence-electron chi connectivity index (χ0n) is 9.13. The van der Waals surface area contributed by atoms with Gasteiger partial charge in [0, 0.05) is 22.5 Å². The zero-order chi connectivity index (χ0) is 12.4. The largest absolute Gasteiger partial charge is 0.268 e. The Morgan fingerprint density at radius 3 is 2.59 bits per heavy atom. The summed E-state index contributed by atoms with van der Waals surface area (Å²) in [5.74, 6) is 0. The Morgan fingerprint density at radius 1 is 1.29 bits per heavy atom. The van der Waals surface area contributed by atoms with Crippen LogP contribution in [0, 0.1) is 6.92 Å². The number of benzene rings is 1. The Hall–Kier alpha value is -1.32. The lowest BCUT2D eigenvalue weighted by molar-refractivity contribution is 0.912. The molecule has 0 spiro atoms. The predicted octanol–water partition coefficient (Wildman–Crippen LogP) is 2.98. The average Bonchev–Trinajstić information content (AvgIpc) is 2.28. The van der Waals surface area contributed by atoms with Crippen LogP contribution in [0.1, 0.15) is 16.8 Å². The smallest absolute Gasteiger partial charge is 0.264 e. The van der Waals surface area contributed by atoms with Crippen LogP contribution >= 0.6 is 23.2 Å². The van der Waals surface area contributed by atoms with Gasteiger partial charge in [-0.05, 0) is 30.2 Å². The lowest BCUT2D eigenvalue weighted by atomic mass is 10.0. The van der Waals surface area contributed by atoms with Crippen LogP contribution in [0.2, 0.25) is 10.0 Å². The quantitative estimate of drug-likeness (QED) is 0.910. The Morgan fingerprint density at radius 2 is 1.94 bits per heavy atom. The third kappa shape index (κ3) is 2.68. The van der Waals surface area contributed by atoms with E-state index < -0.39 is 0 Å². The highest BCUT2D eigenvalue weighted by Crippen LogP contribution is 2.26. The maximum Gasteiger partial charge on any atom is 0.264 e. The molecule has 17 heavy (non-hydrogen) atoms. The van der Waals surface area contributed by atoms with Gasteiger partial charge in [-0.2, -0.15) is 5.10 Å². The van der Waals surface area contributed by atoms with E-state index in [2.05, 4.69) is 10.2 Å². The van der Waals surface area contributed by atoms with E-state index in [0.29, 0.717) is 16.5 Å². The molecule has 1 aromatic carbocycles.